The third kappa shape index (κ3) is 3.88. The number of benzene rings is 2. The van der Waals surface area contributed by atoms with Crippen LogP contribution in [-0.4, -0.2) is 43.5 Å². The lowest BCUT2D eigenvalue weighted by atomic mass is 10.0. The minimum Gasteiger partial charge on any atom is -0.493 e. The number of nitrogens with zero attached hydrogens (tertiary/aromatic N) is 1. The van der Waals surface area contributed by atoms with Crippen LogP contribution >= 0.6 is 11.8 Å². The maximum atomic E-state index is 13.4. The fraction of sp³-hybridized carbons (Fsp3) is 0.273. The Kier molecular flexibility index (Phi) is 6.30. The summed E-state index contributed by atoms with van der Waals surface area (Å²) in [6.45, 7) is 3.68. The number of imide groups is 1. The molecule has 29 heavy (non-hydrogen) atoms. The average Bonchev–Trinajstić information content (AvgIpc) is 2.97. The standard InChI is InChI=1S/C22H23NO5S/c1-13-5-6-14(2)16(11-13)23-21(25)19(20(22(23)26)29-10-9-24)15-7-8-17(27-3)18(12-15)28-4/h5-8,11-12,24H,9-10H2,1-4H3. The number of carbonyl (C=O) groups is 2. The second-order valence-electron chi connectivity index (χ2n) is 6.58. The van der Waals surface area contributed by atoms with E-state index in [0.717, 1.165) is 11.1 Å². The molecule has 152 valence electrons. The van der Waals surface area contributed by atoms with E-state index in [1.54, 1.807) is 18.2 Å². The summed E-state index contributed by atoms with van der Waals surface area (Å²) in [5.41, 5.74) is 3.22. The zero-order valence-corrected chi connectivity index (χ0v) is 17.6. The van der Waals surface area contributed by atoms with E-state index in [-0.39, 0.29) is 12.5 Å². The maximum absolute atomic E-state index is 13.4. The van der Waals surface area contributed by atoms with Crippen molar-refractivity contribution >= 4 is 34.8 Å². The number of anilines is 1. The molecule has 2 amide bonds. The van der Waals surface area contributed by atoms with E-state index in [1.807, 2.05) is 32.0 Å². The van der Waals surface area contributed by atoms with Crippen LogP contribution in [0.25, 0.3) is 5.57 Å². The van der Waals surface area contributed by atoms with Crippen LogP contribution in [0.1, 0.15) is 16.7 Å². The van der Waals surface area contributed by atoms with Gasteiger partial charge in [0.2, 0.25) is 0 Å². The van der Waals surface area contributed by atoms with E-state index in [0.29, 0.717) is 39.0 Å². The zero-order chi connectivity index (χ0) is 21.1. The van der Waals surface area contributed by atoms with Crippen LogP contribution in [0, 0.1) is 13.8 Å². The van der Waals surface area contributed by atoms with Crippen molar-refractivity contribution in [3.8, 4) is 11.5 Å². The van der Waals surface area contributed by atoms with E-state index in [2.05, 4.69) is 0 Å². The molecule has 0 atom stereocenters. The van der Waals surface area contributed by atoms with Crippen molar-refractivity contribution < 1.29 is 24.2 Å². The van der Waals surface area contributed by atoms with Gasteiger partial charge < -0.3 is 14.6 Å². The fourth-order valence-electron chi connectivity index (χ4n) is 3.22. The SMILES string of the molecule is COc1ccc(C2=C(SCCO)C(=O)N(c3cc(C)ccc3C)C2=O)cc1OC. The smallest absolute Gasteiger partial charge is 0.272 e. The first-order valence-corrected chi connectivity index (χ1v) is 10.1. The molecule has 1 aliphatic rings. The van der Waals surface area contributed by atoms with Gasteiger partial charge in [-0.25, -0.2) is 4.90 Å². The van der Waals surface area contributed by atoms with Crippen molar-refractivity contribution in [1.29, 1.82) is 0 Å². The summed E-state index contributed by atoms with van der Waals surface area (Å²) in [4.78, 5) is 28.2. The number of rotatable bonds is 7. The Labute approximate surface area is 174 Å². The van der Waals surface area contributed by atoms with Crippen LogP contribution in [0.15, 0.2) is 41.3 Å². The molecule has 3 rings (SSSR count). The number of aryl methyl sites for hydroxylation is 2. The highest BCUT2D eigenvalue weighted by Gasteiger charge is 2.40. The van der Waals surface area contributed by atoms with E-state index in [1.165, 1.54) is 30.9 Å². The first-order valence-electron chi connectivity index (χ1n) is 9.09. The Bertz CT molecular complexity index is 999. The number of thioether (sulfide) groups is 1. The molecular weight excluding hydrogens is 390 g/mol. The molecule has 0 unspecified atom stereocenters. The number of hydrogen-bond donors (Lipinski definition) is 1. The predicted molar refractivity (Wildman–Crippen MR) is 114 cm³/mol. The molecule has 0 saturated heterocycles. The van der Waals surface area contributed by atoms with Gasteiger partial charge in [0.25, 0.3) is 11.8 Å². The molecule has 0 fully saturated rings. The largest absolute Gasteiger partial charge is 0.493 e. The van der Waals surface area contributed by atoms with E-state index in [4.69, 9.17) is 9.47 Å². The number of amides is 2. The molecule has 2 aromatic rings. The summed E-state index contributed by atoms with van der Waals surface area (Å²) in [5, 5.41) is 9.26. The number of ether oxygens (including phenoxy) is 2. The highest BCUT2D eigenvalue weighted by atomic mass is 32.2. The normalized spacial score (nSPS) is 14.0. The fourth-order valence-corrected chi connectivity index (χ4v) is 4.08. The second kappa shape index (κ2) is 8.71. The third-order valence-electron chi connectivity index (χ3n) is 4.66. The Balaban J connectivity index is 2.14. The monoisotopic (exact) mass is 413 g/mol. The van der Waals surface area contributed by atoms with Gasteiger partial charge >= 0.3 is 0 Å². The average molecular weight is 413 g/mol. The van der Waals surface area contributed by atoms with Crippen LogP contribution < -0.4 is 14.4 Å². The highest BCUT2D eigenvalue weighted by molar-refractivity contribution is 8.04. The Hall–Kier alpha value is -2.77. The van der Waals surface area contributed by atoms with Crippen molar-refractivity contribution in [2.45, 2.75) is 13.8 Å². The molecule has 1 aliphatic heterocycles. The molecule has 0 radical (unpaired) electrons. The van der Waals surface area contributed by atoms with Crippen LogP contribution in [0.3, 0.4) is 0 Å². The predicted octanol–water partition coefficient (Wildman–Crippen LogP) is 3.33. The molecule has 1 heterocycles. The van der Waals surface area contributed by atoms with E-state index in [9.17, 15) is 14.7 Å². The van der Waals surface area contributed by atoms with E-state index < -0.39 is 5.91 Å². The van der Waals surface area contributed by atoms with Crippen LogP contribution in [0.2, 0.25) is 0 Å². The van der Waals surface area contributed by atoms with Gasteiger partial charge in [0.05, 0.1) is 37.0 Å². The number of aliphatic hydroxyl groups is 1. The minimum atomic E-state index is -0.392. The molecule has 0 aliphatic carbocycles. The molecule has 0 saturated carbocycles. The second-order valence-corrected chi connectivity index (χ2v) is 7.69. The van der Waals surface area contributed by atoms with Gasteiger partial charge in [-0.05, 0) is 48.7 Å². The van der Waals surface area contributed by atoms with Crippen LogP contribution in [-0.2, 0) is 9.59 Å². The van der Waals surface area contributed by atoms with Gasteiger partial charge in [-0.3, -0.25) is 9.59 Å². The summed E-state index contributed by atoms with van der Waals surface area (Å²) >= 11 is 1.18. The minimum absolute atomic E-state index is 0.0989. The van der Waals surface area contributed by atoms with Gasteiger partial charge in [0, 0.05) is 5.75 Å². The summed E-state index contributed by atoms with van der Waals surface area (Å²) in [6.07, 6.45) is 0. The Morgan fingerprint density at radius 1 is 0.966 bits per heavy atom. The lowest BCUT2D eigenvalue weighted by Crippen LogP contribution is -2.32. The summed E-state index contributed by atoms with van der Waals surface area (Å²) in [7, 11) is 3.05. The molecule has 6 nitrogen and oxygen atoms in total. The van der Waals surface area contributed by atoms with Gasteiger partial charge in [0.15, 0.2) is 11.5 Å². The van der Waals surface area contributed by atoms with Gasteiger partial charge in [-0.15, -0.1) is 11.8 Å². The van der Waals surface area contributed by atoms with Crippen molar-refractivity contribution in [1.82, 2.24) is 0 Å². The quantitative estimate of drug-likeness (QED) is 0.702. The Morgan fingerprint density at radius 2 is 1.69 bits per heavy atom. The number of carbonyl (C=O) groups excluding carboxylic acids is 2. The maximum Gasteiger partial charge on any atom is 0.272 e. The summed E-state index contributed by atoms with van der Waals surface area (Å²) in [5.74, 6) is 0.536. The molecule has 0 spiro atoms. The third-order valence-corrected chi connectivity index (χ3v) is 5.71. The van der Waals surface area contributed by atoms with Gasteiger partial charge in [0.1, 0.15) is 0 Å². The lowest BCUT2D eigenvalue weighted by molar-refractivity contribution is -0.119. The van der Waals surface area contributed by atoms with Crippen LogP contribution in [0.5, 0.6) is 11.5 Å². The van der Waals surface area contributed by atoms with Crippen molar-refractivity contribution in [3.63, 3.8) is 0 Å². The molecule has 0 bridgehead atoms. The molecule has 0 aromatic heterocycles. The van der Waals surface area contributed by atoms with Crippen LogP contribution in [0.4, 0.5) is 5.69 Å². The van der Waals surface area contributed by atoms with E-state index >= 15 is 0 Å². The van der Waals surface area contributed by atoms with Crippen molar-refractivity contribution in [2.75, 3.05) is 31.5 Å². The number of aliphatic hydroxyl groups excluding tert-OH is 1. The highest BCUT2D eigenvalue weighted by Crippen LogP contribution is 2.41. The zero-order valence-electron chi connectivity index (χ0n) is 16.8. The topological polar surface area (TPSA) is 76.1 Å². The summed E-state index contributed by atoms with van der Waals surface area (Å²) < 4.78 is 10.6. The molecule has 1 N–H and O–H groups in total. The van der Waals surface area contributed by atoms with Gasteiger partial charge in [-0.1, -0.05) is 18.2 Å². The van der Waals surface area contributed by atoms with Gasteiger partial charge in [-0.2, -0.15) is 0 Å². The molecule has 2 aromatic carbocycles. The first-order chi connectivity index (χ1) is 13.9. The summed E-state index contributed by atoms with van der Waals surface area (Å²) in [6, 6.07) is 10.8. The van der Waals surface area contributed by atoms with Crippen molar-refractivity contribution in [3.05, 3.63) is 58.0 Å². The molecule has 7 heteroatoms. The molecular formula is C22H23NO5S. The Morgan fingerprint density at radius 3 is 2.34 bits per heavy atom. The van der Waals surface area contributed by atoms with Crippen molar-refractivity contribution in [2.24, 2.45) is 0 Å². The number of hydrogen-bond acceptors (Lipinski definition) is 6. The lowest BCUT2D eigenvalue weighted by Gasteiger charge is -2.18. The number of methoxy groups -OCH3 is 2. The first kappa shape index (κ1) is 21.0.